The highest BCUT2D eigenvalue weighted by Crippen LogP contribution is 2.08. The minimum Gasteiger partial charge on any atom is -0.317 e. The van der Waals surface area contributed by atoms with Crippen molar-refractivity contribution in [3.63, 3.8) is 0 Å². The van der Waals surface area contributed by atoms with Crippen LogP contribution in [0.3, 0.4) is 0 Å². The standard InChI is InChI=1S/C12H20N2O/c1-9(2)14-11(8-10(3)13-4)6-5-7-12(14)15/h5-7,9-10,13H,8H2,1-4H3. The zero-order valence-electron chi connectivity index (χ0n) is 9.95. The van der Waals surface area contributed by atoms with E-state index in [2.05, 4.69) is 12.2 Å². The van der Waals surface area contributed by atoms with E-state index in [0.717, 1.165) is 12.1 Å². The second-order valence-electron chi connectivity index (χ2n) is 4.21. The summed E-state index contributed by atoms with van der Waals surface area (Å²) in [7, 11) is 1.94. The molecule has 0 saturated carbocycles. The molecule has 3 nitrogen and oxygen atoms in total. The van der Waals surface area contributed by atoms with Crippen LogP contribution in [0.5, 0.6) is 0 Å². The Hall–Kier alpha value is -1.09. The third-order valence-corrected chi connectivity index (χ3v) is 2.60. The van der Waals surface area contributed by atoms with Crippen molar-refractivity contribution < 1.29 is 0 Å². The number of rotatable bonds is 4. The minimum absolute atomic E-state index is 0.0887. The lowest BCUT2D eigenvalue weighted by atomic mass is 10.1. The van der Waals surface area contributed by atoms with Gasteiger partial charge in [0, 0.05) is 30.3 Å². The maximum absolute atomic E-state index is 11.7. The van der Waals surface area contributed by atoms with Crippen LogP contribution in [0.15, 0.2) is 23.0 Å². The van der Waals surface area contributed by atoms with Gasteiger partial charge in [-0.2, -0.15) is 0 Å². The van der Waals surface area contributed by atoms with Crippen LogP contribution in [0, 0.1) is 0 Å². The molecule has 84 valence electrons. The molecule has 1 unspecified atom stereocenters. The predicted octanol–water partition coefficient (Wildman–Crippen LogP) is 1.58. The highest BCUT2D eigenvalue weighted by Gasteiger charge is 2.09. The molecule has 0 spiro atoms. The van der Waals surface area contributed by atoms with Crippen molar-refractivity contribution in [2.45, 2.75) is 39.3 Å². The summed E-state index contributed by atoms with van der Waals surface area (Å²) in [5.41, 5.74) is 1.19. The molecule has 0 aliphatic heterocycles. The maximum Gasteiger partial charge on any atom is 0.250 e. The third kappa shape index (κ3) is 2.93. The van der Waals surface area contributed by atoms with E-state index in [1.165, 1.54) is 0 Å². The lowest BCUT2D eigenvalue weighted by molar-refractivity contribution is 0.516. The number of nitrogens with zero attached hydrogens (tertiary/aromatic N) is 1. The Labute approximate surface area is 91.1 Å². The second kappa shape index (κ2) is 5.12. The fourth-order valence-corrected chi connectivity index (χ4v) is 1.71. The van der Waals surface area contributed by atoms with Crippen molar-refractivity contribution in [3.8, 4) is 0 Å². The molecule has 1 atom stereocenters. The van der Waals surface area contributed by atoms with E-state index in [1.807, 2.05) is 37.6 Å². The van der Waals surface area contributed by atoms with Gasteiger partial charge in [-0.1, -0.05) is 6.07 Å². The first-order valence-electron chi connectivity index (χ1n) is 5.44. The molecule has 1 heterocycles. The largest absolute Gasteiger partial charge is 0.317 e. The molecule has 0 aliphatic rings. The van der Waals surface area contributed by atoms with Crippen molar-refractivity contribution in [2.24, 2.45) is 0 Å². The molecule has 0 amide bonds. The van der Waals surface area contributed by atoms with Crippen LogP contribution in [-0.2, 0) is 6.42 Å². The van der Waals surface area contributed by atoms with Crippen LogP contribution in [0.4, 0.5) is 0 Å². The van der Waals surface area contributed by atoms with Gasteiger partial charge in [0.15, 0.2) is 0 Å². The fraction of sp³-hybridized carbons (Fsp3) is 0.583. The van der Waals surface area contributed by atoms with Crippen molar-refractivity contribution in [1.82, 2.24) is 9.88 Å². The monoisotopic (exact) mass is 208 g/mol. The van der Waals surface area contributed by atoms with Crippen LogP contribution in [0.25, 0.3) is 0 Å². The maximum atomic E-state index is 11.7. The predicted molar refractivity (Wildman–Crippen MR) is 63.3 cm³/mol. The van der Waals surface area contributed by atoms with Crippen LogP contribution in [0.2, 0.25) is 0 Å². The quantitative estimate of drug-likeness (QED) is 0.815. The Balaban J connectivity index is 3.06. The number of hydrogen-bond donors (Lipinski definition) is 1. The van der Waals surface area contributed by atoms with Crippen molar-refractivity contribution >= 4 is 0 Å². The van der Waals surface area contributed by atoms with Gasteiger partial charge in [-0.3, -0.25) is 4.79 Å². The van der Waals surface area contributed by atoms with E-state index in [0.29, 0.717) is 6.04 Å². The molecule has 0 bridgehead atoms. The van der Waals surface area contributed by atoms with E-state index in [9.17, 15) is 4.79 Å². The van der Waals surface area contributed by atoms with E-state index in [4.69, 9.17) is 0 Å². The molecule has 0 saturated heterocycles. The summed E-state index contributed by atoms with van der Waals surface area (Å²) >= 11 is 0. The molecule has 0 fully saturated rings. The molecule has 1 rings (SSSR count). The van der Waals surface area contributed by atoms with Gasteiger partial charge in [0.05, 0.1) is 0 Å². The number of pyridine rings is 1. The molecular weight excluding hydrogens is 188 g/mol. The first-order valence-corrected chi connectivity index (χ1v) is 5.44. The summed E-state index contributed by atoms with van der Waals surface area (Å²) in [6, 6.07) is 6.08. The van der Waals surface area contributed by atoms with Gasteiger partial charge in [0.25, 0.3) is 5.56 Å². The molecule has 1 N–H and O–H groups in total. The molecule has 3 heteroatoms. The Morgan fingerprint density at radius 3 is 2.53 bits per heavy atom. The Morgan fingerprint density at radius 2 is 2.00 bits per heavy atom. The van der Waals surface area contributed by atoms with Gasteiger partial charge in [-0.25, -0.2) is 0 Å². The SMILES string of the molecule is CNC(C)Cc1cccc(=O)n1C(C)C. The lowest BCUT2D eigenvalue weighted by Gasteiger charge is -2.18. The van der Waals surface area contributed by atoms with Crippen LogP contribution in [0.1, 0.15) is 32.5 Å². The number of hydrogen-bond acceptors (Lipinski definition) is 2. The van der Waals surface area contributed by atoms with Gasteiger partial charge in [0.1, 0.15) is 0 Å². The highest BCUT2D eigenvalue weighted by molar-refractivity contribution is 5.09. The summed E-state index contributed by atoms with van der Waals surface area (Å²) in [6.45, 7) is 6.19. The molecule has 1 aromatic heterocycles. The topological polar surface area (TPSA) is 34.0 Å². The molecule has 1 aromatic rings. The van der Waals surface area contributed by atoms with Gasteiger partial charge in [-0.15, -0.1) is 0 Å². The molecule has 0 aliphatic carbocycles. The van der Waals surface area contributed by atoms with E-state index < -0.39 is 0 Å². The van der Waals surface area contributed by atoms with E-state index >= 15 is 0 Å². The molecule has 15 heavy (non-hydrogen) atoms. The zero-order chi connectivity index (χ0) is 11.4. The van der Waals surface area contributed by atoms with Crippen molar-refractivity contribution in [2.75, 3.05) is 7.05 Å². The van der Waals surface area contributed by atoms with Gasteiger partial charge in [-0.05, 0) is 33.9 Å². The van der Waals surface area contributed by atoms with E-state index in [1.54, 1.807) is 6.07 Å². The number of aromatic nitrogens is 1. The highest BCUT2D eigenvalue weighted by atomic mass is 16.1. The van der Waals surface area contributed by atoms with Gasteiger partial charge >= 0.3 is 0 Å². The minimum atomic E-state index is 0.0887. The summed E-state index contributed by atoms with van der Waals surface area (Å²) in [5, 5.41) is 3.18. The summed E-state index contributed by atoms with van der Waals surface area (Å²) < 4.78 is 1.86. The Morgan fingerprint density at radius 1 is 1.33 bits per heavy atom. The molecule has 0 radical (unpaired) electrons. The zero-order valence-corrected chi connectivity index (χ0v) is 9.95. The van der Waals surface area contributed by atoms with Gasteiger partial charge in [0.2, 0.25) is 0 Å². The average Bonchev–Trinajstić information content (AvgIpc) is 2.17. The summed E-state index contributed by atoms with van der Waals surface area (Å²) in [4.78, 5) is 11.7. The molecular formula is C12H20N2O. The van der Waals surface area contributed by atoms with Crippen molar-refractivity contribution in [1.29, 1.82) is 0 Å². The summed E-state index contributed by atoms with van der Waals surface area (Å²) in [6.07, 6.45) is 0.880. The lowest BCUT2D eigenvalue weighted by Crippen LogP contribution is -2.30. The van der Waals surface area contributed by atoms with Crippen molar-refractivity contribution in [3.05, 3.63) is 34.2 Å². The second-order valence-corrected chi connectivity index (χ2v) is 4.21. The smallest absolute Gasteiger partial charge is 0.250 e. The first kappa shape index (κ1) is 12.0. The Bertz CT molecular complexity index is 368. The van der Waals surface area contributed by atoms with Gasteiger partial charge < -0.3 is 9.88 Å². The fourth-order valence-electron chi connectivity index (χ4n) is 1.71. The Kier molecular flexibility index (Phi) is 4.09. The van der Waals surface area contributed by atoms with Crippen LogP contribution < -0.4 is 10.9 Å². The third-order valence-electron chi connectivity index (χ3n) is 2.60. The normalized spacial score (nSPS) is 13.1. The number of likely N-dealkylation sites (N-methyl/N-ethyl adjacent to an activating group) is 1. The van der Waals surface area contributed by atoms with Crippen LogP contribution >= 0.6 is 0 Å². The first-order chi connectivity index (χ1) is 7.06. The summed E-state index contributed by atoms with van der Waals surface area (Å²) in [5.74, 6) is 0. The van der Waals surface area contributed by atoms with Crippen LogP contribution in [-0.4, -0.2) is 17.7 Å². The number of nitrogens with one attached hydrogen (secondary N) is 1. The van der Waals surface area contributed by atoms with E-state index in [-0.39, 0.29) is 11.6 Å². The average molecular weight is 208 g/mol. The molecule has 0 aromatic carbocycles.